The van der Waals surface area contributed by atoms with E-state index in [0.29, 0.717) is 6.04 Å². The van der Waals surface area contributed by atoms with Crippen LogP contribution in [-0.2, 0) is 12.8 Å². The number of rotatable bonds is 6. The molecule has 0 spiro atoms. The lowest BCUT2D eigenvalue weighted by atomic mass is 10.2. The van der Waals surface area contributed by atoms with E-state index in [2.05, 4.69) is 65.6 Å². The van der Waals surface area contributed by atoms with Crippen molar-refractivity contribution in [2.75, 3.05) is 31.6 Å². The maximum atomic E-state index is 4.72. The van der Waals surface area contributed by atoms with E-state index < -0.39 is 0 Å². The predicted octanol–water partition coefficient (Wildman–Crippen LogP) is 3.31. The van der Waals surface area contributed by atoms with Gasteiger partial charge in [0.25, 0.3) is 0 Å². The summed E-state index contributed by atoms with van der Waals surface area (Å²) >= 11 is 1.81. The van der Waals surface area contributed by atoms with Gasteiger partial charge in [0.1, 0.15) is 0 Å². The van der Waals surface area contributed by atoms with Crippen LogP contribution in [0.3, 0.4) is 0 Å². The van der Waals surface area contributed by atoms with E-state index in [1.165, 1.54) is 26.8 Å². The monoisotopic (exact) mass is 385 g/mol. The smallest absolute Gasteiger partial charge is 0.191 e. The Hall–Kier alpha value is -2.08. The molecular weight excluding hydrogens is 354 g/mol. The van der Waals surface area contributed by atoms with Crippen molar-refractivity contribution in [3.63, 3.8) is 0 Å². The SMILES string of the molecule is CCc1nc(CCNC(=NC)NC2CCN(c3ccc(C)cc3)C2)sc1C. The molecule has 1 atom stereocenters. The minimum atomic E-state index is 0.423. The van der Waals surface area contributed by atoms with Gasteiger partial charge in [0.2, 0.25) is 0 Å². The Morgan fingerprint density at radius 1 is 1.30 bits per heavy atom. The van der Waals surface area contributed by atoms with Crippen molar-refractivity contribution >= 4 is 23.0 Å². The number of nitrogens with zero attached hydrogens (tertiary/aromatic N) is 3. The zero-order valence-corrected chi connectivity index (χ0v) is 17.7. The van der Waals surface area contributed by atoms with Crippen molar-refractivity contribution in [3.8, 4) is 0 Å². The second-order valence-corrected chi connectivity index (χ2v) is 8.41. The van der Waals surface area contributed by atoms with E-state index in [1.54, 1.807) is 0 Å². The van der Waals surface area contributed by atoms with Gasteiger partial charge < -0.3 is 15.5 Å². The van der Waals surface area contributed by atoms with Crippen LogP contribution in [0.15, 0.2) is 29.3 Å². The zero-order valence-electron chi connectivity index (χ0n) is 16.9. The average Bonchev–Trinajstić information content (AvgIpc) is 3.27. The van der Waals surface area contributed by atoms with Crippen LogP contribution in [0.1, 0.15) is 34.5 Å². The number of aliphatic imine (C=N–C) groups is 1. The second-order valence-electron chi connectivity index (χ2n) is 7.12. The van der Waals surface area contributed by atoms with Gasteiger partial charge in [-0.25, -0.2) is 4.98 Å². The molecule has 3 rings (SSSR count). The number of aryl methyl sites for hydroxylation is 3. The molecule has 0 saturated carbocycles. The summed E-state index contributed by atoms with van der Waals surface area (Å²) < 4.78 is 0. The van der Waals surface area contributed by atoms with Crippen LogP contribution in [0, 0.1) is 13.8 Å². The summed E-state index contributed by atoms with van der Waals surface area (Å²) in [6, 6.07) is 9.21. The highest BCUT2D eigenvalue weighted by molar-refractivity contribution is 7.11. The van der Waals surface area contributed by atoms with E-state index in [9.17, 15) is 0 Å². The number of nitrogens with one attached hydrogen (secondary N) is 2. The maximum absolute atomic E-state index is 4.72. The third-order valence-electron chi connectivity index (χ3n) is 5.05. The van der Waals surface area contributed by atoms with Crippen LogP contribution in [0.25, 0.3) is 0 Å². The third-order valence-corrected chi connectivity index (χ3v) is 6.13. The Labute approximate surface area is 166 Å². The number of benzene rings is 1. The molecule has 1 aromatic heterocycles. The van der Waals surface area contributed by atoms with Crippen LogP contribution in [0.4, 0.5) is 5.69 Å². The lowest BCUT2D eigenvalue weighted by Crippen LogP contribution is -2.45. The van der Waals surface area contributed by atoms with Gasteiger partial charge in [-0.15, -0.1) is 11.3 Å². The quantitative estimate of drug-likeness (QED) is 0.592. The summed E-state index contributed by atoms with van der Waals surface area (Å²) in [6.45, 7) is 9.39. The minimum Gasteiger partial charge on any atom is -0.369 e. The van der Waals surface area contributed by atoms with Gasteiger partial charge in [-0.2, -0.15) is 0 Å². The Bertz CT molecular complexity index is 765. The van der Waals surface area contributed by atoms with Crippen molar-refractivity contribution in [2.24, 2.45) is 4.99 Å². The van der Waals surface area contributed by atoms with E-state index in [-0.39, 0.29) is 0 Å². The summed E-state index contributed by atoms with van der Waals surface area (Å²) in [5, 5.41) is 8.22. The molecule has 2 N–H and O–H groups in total. The van der Waals surface area contributed by atoms with Gasteiger partial charge in [-0.3, -0.25) is 4.99 Å². The molecule has 1 aliphatic rings. The number of hydrogen-bond acceptors (Lipinski definition) is 4. The van der Waals surface area contributed by atoms with E-state index in [1.807, 2.05) is 18.4 Å². The number of hydrogen-bond donors (Lipinski definition) is 2. The summed E-state index contributed by atoms with van der Waals surface area (Å²) in [7, 11) is 1.84. The number of thiazole rings is 1. The summed E-state index contributed by atoms with van der Waals surface area (Å²) in [5.41, 5.74) is 3.84. The van der Waals surface area contributed by atoms with Gasteiger partial charge in [0.05, 0.1) is 10.7 Å². The molecule has 1 fully saturated rings. The second kappa shape index (κ2) is 9.22. The van der Waals surface area contributed by atoms with Crippen molar-refractivity contribution in [1.29, 1.82) is 0 Å². The topological polar surface area (TPSA) is 52.6 Å². The normalized spacial score (nSPS) is 17.4. The molecule has 146 valence electrons. The van der Waals surface area contributed by atoms with Crippen LogP contribution in [0.2, 0.25) is 0 Å². The maximum Gasteiger partial charge on any atom is 0.191 e. The van der Waals surface area contributed by atoms with Gasteiger partial charge in [-0.05, 0) is 38.8 Å². The van der Waals surface area contributed by atoms with Crippen molar-refractivity contribution < 1.29 is 0 Å². The van der Waals surface area contributed by atoms with Crippen LogP contribution in [0.5, 0.6) is 0 Å². The van der Waals surface area contributed by atoms with Crippen molar-refractivity contribution in [1.82, 2.24) is 15.6 Å². The van der Waals surface area contributed by atoms with E-state index in [0.717, 1.165) is 44.9 Å². The molecule has 0 radical (unpaired) electrons. The molecule has 1 aliphatic heterocycles. The fraction of sp³-hybridized carbons (Fsp3) is 0.524. The standard InChI is InChI=1S/C21H31N5S/c1-5-19-16(3)27-20(25-19)10-12-23-21(22-4)24-17-11-13-26(14-17)18-8-6-15(2)7-9-18/h6-9,17H,5,10-14H2,1-4H3,(H2,22,23,24). The molecule has 27 heavy (non-hydrogen) atoms. The molecule has 2 aromatic rings. The first-order chi connectivity index (χ1) is 13.1. The number of guanidine groups is 1. The third kappa shape index (κ3) is 5.22. The molecule has 1 aromatic carbocycles. The van der Waals surface area contributed by atoms with Gasteiger partial charge in [0.15, 0.2) is 5.96 Å². The first-order valence-corrected chi connectivity index (χ1v) is 10.6. The van der Waals surface area contributed by atoms with Gasteiger partial charge in [-0.1, -0.05) is 24.6 Å². The van der Waals surface area contributed by atoms with Gasteiger partial charge >= 0.3 is 0 Å². The number of anilines is 1. The lowest BCUT2D eigenvalue weighted by Gasteiger charge is -2.20. The fourth-order valence-corrected chi connectivity index (χ4v) is 4.49. The molecule has 0 bridgehead atoms. The molecule has 0 amide bonds. The highest BCUT2D eigenvalue weighted by Crippen LogP contribution is 2.21. The average molecular weight is 386 g/mol. The predicted molar refractivity (Wildman–Crippen MR) is 116 cm³/mol. The van der Waals surface area contributed by atoms with E-state index >= 15 is 0 Å². The van der Waals surface area contributed by atoms with Crippen molar-refractivity contribution in [3.05, 3.63) is 45.4 Å². The largest absolute Gasteiger partial charge is 0.369 e. The molecule has 1 unspecified atom stereocenters. The molecule has 2 heterocycles. The summed E-state index contributed by atoms with van der Waals surface area (Å²) in [4.78, 5) is 12.9. The summed E-state index contributed by atoms with van der Waals surface area (Å²) in [5.74, 6) is 0.884. The molecule has 5 nitrogen and oxygen atoms in total. The van der Waals surface area contributed by atoms with E-state index in [4.69, 9.17) is 4.98 Å². The van der Waals surface area contributed by atoms with Gasteiger partial charge in [0, 0.05) is 49.7 Å². The van der Waals surface area contributed by atoms with Crippen LogP contribution in [-0.4, -0.2) is 43.7 Å². The summed E-state index contributed by atoms with van der Waals surface area (Å²) in [6.07, 6.45) is 3.07. The molecular formula is C21H31N5S. The molecule has 1 saturated heterocycles. The Morgan fingerprint density at radius 3 is 2.74 bits per heavy atom. The zero-order chi connectivity index (χ0) is 19.2. The Kier molecular flexibility index (Phi) is 6.72. The fourth-order valence-electron chi connectivity index (χ4n) is 3.47. The Morgan fingerprint density at radius 2 is 2.07 bits per heavy atom. The molecule has 6 heteroatoms. The highest BCUT2D eigenvalue weighted by atomic mass is 32.1. The first-order valence-electron chi connectivity index (χ1n) is 9.83. The van der Waals surface area contributed by atoms with Crippen molar-refractivity contribution in [2.45, 2.75) is 46.1 Å². The minimum absolute atomic E-state index is 0.423. The van der Waals surface area contributed by atoms with Crippen LogP contribution < -0.4 is 15.5 Å². The lowest BCUT2D eigenvalue weighted by molar-refractivity contribution is 0.648. The highest BCUT2D eigenvalue weighted by Gasteiger charge is 2.23. The van der Waals surface area contributed by atoms with Crippen LogP contribution >= 0.6 is 11.3 Å². The Balaban J connectivity index is 1.45. The molecule has 0 aliphatic carbocycles. The number of aromatic nitrogens is 1. The first kappa shape index (κ1) is 19.7.